The zero-order chi connectivity index (χ0) is 12.6. The number of benzene rings is 1. The number of alkyl halides is 1. The highest BCUT2D eigenvalue weighted by Gasteiger charge is 2.15. The summed E-state index contributed by atoms with van der Waals surface area (Å²) in [5.41, 5.74) is 2.89. The van der Waals surface area contributed by atoms with Crippen molar-refractivity contribution in [3.63, 3.8) is 0 Å². The molecule has 0 saturated heterocycles. The first kappa shape index (κ1) is 12.8. The molecular weight excluding hydrogens is 299 g/mol. The monoisotopic (exact) mass is 312 g/mol. The van der Waals surface area contributed by atoms with Crippen molar-refractivity contribution in [2.75, 3.05) is 0 Å². The average Bonchev–Trinajstić information content (AvgIpc) is 2.61. The second kappa shape index (κ2) is 4.91. The molecule has 1 aromatic carbocycles. The van der Waals surface area contributed by atoms with Crippen LogP contribution >= 0.6 is 27.3 Å². The summed E-state index contributed by atoms with van der Waals surface area (Å²) < 4.78 is 13.5. The van der Waals surface area contributed by atoms with Gasteiger partial charge in [0.1, 0.15) is 5.82 Å². The van der Waals surface area contributed by atoms with Gasteiger partial charge in [-0.25, -0.2) is 4.39 Å². The van der Waals surface area contributed by atoms with Gasteiger partial charge in [0.25, 0.3) is 0 Å². The number of rotatable bonds is 2. The lowest BCUT2D eigenvalue weighted by Gasteiger charge is -2.11. The maximum Gasteiger partial charge on any atom is 0.126 e. The van der Waals surface area contributed by atoms with Crippen LogP contribution in [0.4, 0.5) is 4.39 Å². The largest absolute Gasteiger partial charge is 0.207 e. The van der Waals surface area contributed by atoms with Crippen molar-refractivity contribution in [1.82, 2.24) is 0 Å². The van der Waals surface area contributed by atoms with E-state index >= 15 is 0 Å². The highest BCUT2D eigenvalue weighted by Crippen LogP contribution is 2.36. The van der Waals surface area contributed by atoms with Gasteiger partial charge in [0.15, 0.2) is 0 Å². The fraction of sp³-hybridized carbons (Fsp3) is 0.286. The first-order valence-corrected chi connectivity index (χ1v) is 7.19. The number of aryl methyl sites for hydroxylation is 3. The Kier molecular flexibility index (Phi) is 3.69. The summed E-state index contributed by atoms with van der Waals surface area (Å²) in [6.45, 7) is 5.98. The van der Waals surface area contributed by atoms with Crippen molar-refractivity contribution in [3.8, 4) is 0 Å². The van der Waals surface area contributed by atoms with E-state index in [1.165, 1.54) is 15.3 Å². The van der Waals surface area contributed by atoms with Crippen molar-refractivity contribution in [2.45, 2.75) is 25.6 Å². The molecule has 17 heavy (non-hydrogen) atoms. The van der Waals surface area contributed by atoms with Crippen LogP contribution in [0.15, 0.2) is 24.3 Å². The summed E-state index contributed by atoms with van der Waals surface area (Å²) in [5.74, 6) is -0.142. The Bertz CT molecular complexity index is 545. The van der Waals surface area contributed by atoms with Crippen molar-refractivity contribution in [2.24, 2.45) is 0 Å². The van der Waals surface area contributed by atoms with Crippen molar-refractivity contribution >= 4 is 27.3 Å². The molecule has 0 saturated carbocycles. The van der Waals surface area contributed by atoms with Gasteiger partial charge in [-0.1, -0.05) is 28.1 Å². The van der Waals surface area contributed by atoms with E-state index in [0.29, 0.717) is 5.56 Å². The fourth-order valence-corrected chi connectivity index (χ4v) is 3.72. The van der Waals surface area contributed by atoms with Crippen LogP contribution in [0.25, 0.3) is 0 Å². The minimum absolute atomic E-state index is 0.0718. The van der Waals surface area contributed by atoms with Gasteiger partial charge in [-0.15, -0.1) is 11.3 Å². The third-order valence-electron chi connectivity index (χ3n) is 2.84. The molecule has 0 N–H and O–H groups in total. The predicted molar refractivity (Wildman–Crippen MR) is 75.7 cm³/mol. The van der Waals surface area contributed by atoms with Crippen LogP contribution in [0.2, 0.25) is 0 Å². The van der Waals surface area contributed by atoms with Crippen molar-refractivity contribution in [3.05, 3.63) is 56.5 Å². The van der Waals surface area contributed by atoms with Gasteiger partial charge >= 0.3 is 0 Å². The molecule has 1 heterocycles. The summed E-state index contributed by atoms with van der Waals surface area (Å²) in [6, 6.07) is 7.58. The molecule has 0 radical (unpaired) electrons. The number of thiophene rings is 1. The molecule has 2 aromatic rings. The lowest BCUT2D eigenvalue weighted by atomic mass is 10.0. The summed E-state index contributed by atoms with van der Waals surface area (Å²) >= 11 is 5.43. The van der Waals surface area contributed by atoms with Crippen molar-refractivity contribution < 1.29 is 4.39 Å². The van der Waals surface area contributed by atoms with Crippen LogP contribution in [0.1, 0.15) is 31.3 Å². The molecule has 90 valence electrons. The molecule has 0 fully saturated rings. The molecule has 0 aliphatic heterocycles. The first-order chi connectivity index (χ1) is 7.99. The normalized spacial score (nSPS) is 12.8. The maximum absolute atomic E-state index is 13.5. The van der Waals surface area contributed by atoms with E-state index in [0.717, 1.165) is 5.56 Å². The Hall–Kier alpha value is -0.670. The van der Waals surface area contributed by atoms with E-state index in [1.807, 2.05) is 12.1 Å². The van der Waals surface area contributed by atoms with Crippen molar-refractivity contribution in [1.29, 1.82) is 0 Å². The molecule has 1 unspecified atom stereocenters. The van der Waals surface area contributed by atoms with E-state index < -0.39 is 0 Å². The zero-order valence-corrected chi connectivity index (χ0v) is 12.5. The van der Waals surface area contributed by atoms with E-state index in [9.17, 15) is 4.39 Å². The molecule has 0 amide bonds. The van der Waals surface area contributed by atoms with Gasteiger partial charge in [0.2, 0.25) is 0 Å². The number of halogens is 2. The highest BCUT2D eigenvalue weighted by molar-refractivity contribution is 9.09. The topological polar surface area (TPSA) is 0 Å². The van der Waals surface area contributed by atoms with E-state index in [2.05, 4.69) is 35.8 Å². The minimum Gasteiger partial charge on any atom is -0.207 e. The summed E-state index contributed by atoms with van der Waals surface area (Å²) in [4.78, 5) is 2.64. The van der Waals surface area contributed by atoms with Gasteiger partial charge in [0, 0.05) is 9.75 Å². The predicted octanol–water partition coefficient (Wildman–Crippen LogP) is 5.30. The van der Waals surface area contributed by atoms with Crippen LogP contribution in [-0.4, -0.2) is 0 Å². The molecule has 0 bridgehead atoms. The Balaban J connectivity index is 2.40. The van der Waals surface area contributed by atoms with Crippen LogP contribution in [0.5, 0.6) is 0 Å². The molecule has 3 heteroatoms. The van der Waals surface area contributed by atoms with Gasteiger partial charge in [-0.05, 0) is 49.6 Å². The third kappa shape index (κ3) is 2.61. The molecule has 0 nitrogen and oxygen atoms in total. The van der Waals surface area contributed by atoms with Crippen LogP contribution in [-0.2, 0) is 0 Å². The molecule has 1 atom stereocenters. The molecule has 1 aromatic heterocycles. The third-order valence-corrected chi connectivity index (χ3v) is 4.84. The second-order valence-electron chi connectivity index (χ2n) is 4.24. The standard InChI is InChI=1S/C14H14BrFS/c1-8-4-5-11(7-13(8)16)14(15)12-6-9(2)17-10(12)3/h4-7,14H,1-3H3. The number of hydrogen-bond donors (Lipinski definition) is 0. The Morgan fingerprint density at radius 2 is 1.88 bits per heavy atom. The summed E-state index contributed by atoms with van der Waals surface area (Å²) in [7, 11) is 0. The minimum atomic E-state index is -0.142. The molecule has 0 aliphatic carbocycles. The smallest absolute Gasteiger partial charge is 0.126 e. The van der Waals surface area contributed by atoms with E-state index in [4.69, 9.17) is 0 Å². The van der Waals surface area contributed by atoms with Crippen LogP contribution in [0.3, 0.4) is 0 Å². The van der Waals surface area contributed by atoms with Gasteiger partial charge in [0.05, 0.1) is 4.83 Å². The van der Waals surface area contributed by atoms with E-state index in [-0.39, 0.29) is 10.6 Å². The Morgan fingerprint density at radius 3 is 2.41 bits per heavy atom. The Morgan fingerprint density at radius 1 is 1.18 bits per heavy atom. The highest BCUT2D eigenvalue weighted by atomic mass is 79.9. The maximum atomic E-state index is 13.5. The van der Waals surface area contributed by atoms with Gasteiger partial charge < -0.3 is 0 Å². The molecule has 0 aliphatic rings. The Labute approximate surface area is 114 Å². The molecule has 2 rings (SSSR count). The zero-order valence-electron chi connectivity index (χ0n) is 10.1. The molecular formula is C14H14BrFS. The SMILES string of the molecule is Cc1cc(C(Br)c2ccc(C)c(F)c2)c(C)s1. The summed E-state index contributed by atoms with van der Waals surface area (Å²) in [6.07, 6.45) is 0. The average molecular weight is 313 g/mol. The van der Waals surface area contributed by atoms with Gasteiger partial charge in [-0.3, -0.25) is 0 Å². The number of hydrogen-bond acceptors (Lipinski definition) is 1. The summed E-state index contributed by atoms with van der Waals surface area (Å²) in [5, 5.41) is 0. The van der Waals surface area contributed by atoms with Gasteiger partial charge in [-0.2, -0.15) is 0 Å². The van der Waals surface area contributed by atoms with E-state index in [1.54, 1.807) is 24.3 Å². The lowest BCUT2D eigenvalue weighted by Crippen LogP contribution is -1.94. The van der Waals surface area contributed by atoms with Crippen LogP contribution in [0, 0.1) is 26.6 Å². The second-order valence-corrected chi connectivity index (χ2v) is 6.62. The van der Waals surface area contributed by atoms with Crippen LogP contribution < -0.4 is 0 Å². The first-order valence-electron chi connectivity index (χ1n) is 5.46. The quantitative estimate of drug-likeness (QED) is 0.660. The lowest BCUT2D eigenvalue weighted by molar-refractivity contribution is 0.616. The molecule has 0 spiro atoms. The fourth-order valence-electron chi connectivity index (χ4n) is 1.85.